The average molecular weight is 337 g/mol. The molecule has 0 aliphatic carbocycles. The summed E-state index contributed by atoms with van der Waals surface area (Å²) in [6, 6.07) is 11.7. The van der Waals surface area contributed by atoms with Crippen LogP contribution in [0.2, 0.25) is 5.02 Å². The van der Waals surface area contributed by atoms with E-state index in [9.17, 15) is 21.6 Å². The SMILES string of the molecule is O=S(=O)(Oc1ccccc1-c1ccc(Cl)cc1)C(F)(F)F. The number of halogens is 4. The van der Waals surface area contributed by atoms with E-state index in [1.54, 1.807) is 18.2 Å². The van der Waals surface area contributed by atoms with E-state index in [4.69, 9.17) is 11.6 Å². The highest BCUT2D eigenvalue weighted by molar-refractivity contribution is 7.88. The van der Waals surface area contributed by atoms with Crippen LogP contribution >= 0.6 is 11.6 Å². The predicted molar refractivity (Wildman–Crippen MR) is 72.5 cm³/mol. The molecule has 112 valence electrons. The third-order valence-corrected chi connectivity index (χ3v) is 3.74. The zero-order valence-corrected chi connectivity index (χ0v) is 11.8. The molecule has 0 unspecified atom stereocenters. The standard InChI is InChI=1S/C13H8ClF3O3S/c14-10-7-5-9(6-8-10)11-3-1-2-4-12(11)20-21(18,19)13(15,16)17/h1-8H. The molecule has 0 atom stereocenters. The molecule has 0 bridgehead atoms. The second-order valence-corrected chi connectivity index (χ2v) is 5.96. The molecule has 0 N–H and O–H groups in total. The summed E-state index contributed by atoms with van der Waals surface area (Å²) in [6.45, 7) is 0. The molecular weight excluding hydrogens is 329 g/mol. The topological polar surface area (TPSA) is 43.4 Å². The normalized spacial score (nSPS) is 12.2. The molecular formula is C13H8ClF3O3S. The molecule has 0 fully saturated rings. The molecule has 2 aromatic rings. The van der Waals surface area contributed by atoms with Crippen LogP contribution in [0.25, 0.3) is 11.1 Å². The molecule has 0 aliphatic heterocycles. The van der Waals surface area contributed by atoms with Crippen LogP contribution in [0.3, 0.4) is 0 Å². The van der Waals surface area contributed by atoms with Gasteiger partial charge in [0, 0.05) is 10.6 Å². The highest BCUT2D eigenvalue weighted by Crippen LogP contribution is 2.34. The second kappa shape index (κ2) is 5.57. The van der Waals surface area contributed by atoms with Gasteiger partial charge in [0.1, 0.15) is 0 Å². The summed E-state index contributed by atoms with van der Waals surface area (Å²) >= 11 is 5.73. The van der Waals surface area contributed by atoms with Crippen LogP contribution in [0.15, 0.2) is 48.5 Å². The fourth-order valence-corrected chi connectivity index (χ4v) is 2.17. The van der Waals surface area contributed by atoms with Gasteiger partial charge in [0.25, 0.3) is 0 Å². The molecule has 2 rings (SSSR count). The Labute approximate surface area is 124 Å². The first-order chi connectivity index (χ1) is 9.71. The first kappa shape index (κ1) is 15.7. The first-order valence-corrected chi connectivity index (χ1v) is 7.35. The Balaban J connectivity index is 2.45. The molecule has 0 spiro atoms. The Kier molecular flexibility index (Phi) is 4.15. The quantitative estimate of drug-likeness (QED) is 0.622. The fourth-order valence-electron chi connectivity index (χ4n) is 1.57. The molecule has 0 saturated carbocycles. The maximum Gasteiger partial charge on any atom is 0.534 e. The van der Waals surface area contributed by atoms with Gasteiger partial charge in [-0.2, -0.15) is 21.6 Å². The number of para-hydroxylation sites is 1. The molecule has 0 radical (unpaired) electrons. The van der Waals surface area contributed by atoms with Crippen LogP contribution in [-0.2, 0) is 10.1 Å². The van der Waals surface area contributed by atoms with E-state index >= 15 is 0 Å². The van der Waals surface area contributed by atoms with Crippen molar-refractivity contribution in [3.63, 3.8) is 0 Å². The number of hydrogen-bond acceptors (Lipinski definition) is 3. The van der Waals surface area contributed by atoms with Crippen molar-refractivity contribution in [3.8, 4) is 16.9 Å². The van der Waals surface area contributed by atoms with E-state index in [1.807, 2.05) is 0 Å². The summed E-state index contributed by atoms with van der Waals surface area (Å²) in [4.78, 5) is 0. The summed E-state index contributed by atoms with van der Waals surface area (Å²) in [5.41, 5.74) is -4.80. The second-order valence-electron chi connectivity index (χ2n) is 3.99. The Morgan fingerprint density at radius 3 is 2.10 bits per heavy atom. The molecule has 0 heterocycles. The summed E-state index contributed by atoms with van der Waals surface area (Å²) in [5.74, 6) is -0.405. The van der Waals surface area contributed by atoms with E-state index in [-0.39, 0.29) is 5.56 Å². The average Bonchev–Trinajstić information content (AvgIpc) is 2.39. The molecule has 3 nitrogen and oxygen atoms in total. The van der Waals surface area contributed by atoms with Crippen molar-refractivity contribution in [1.29, 1.82) is 0 Å². The fraction of sp³-hybridized carbons (Fsp3) is 0.0769. The zero-order chi connectivity index (χ0) is 15.7. The van der Waals surface area contributed by atoms with Gasteiger partial charge in [0.15, 0.2) is 5.75 Å². The minimum absolute atomic E-state index is 0.210. The van der Waals surface area contributed by atoms with E-state index in [0.29, 0.717) is 10.6 Å². The number of rotatable bonds is 3. The van der Waals surface area contributed by atoms with Gasteiger partial charge in [0.2, 0.25) is 0 Å². The van der Waals surface area contributed by atoms with Gasteiger partial charge in [-0.3, -0.25) is 0 Å². The largest absolute Gasteiger partial charge is 0.534 e. The Bertz CT molecular complexity index is 740. The van der Waals surface area contributed by atoms with Gasteiger partial charge >= 0.3 is 15.6 Å². The van der Waals surface area contributed by atoms with Crippen molar-refractivity contribution in [1.82, 2.24) is 0 Å². The van der Waals surface area contributed by atoms with Gasteiger partial charge < -0.3 is 4.18 Å². The van der Waals surface area contributed by atoms with E-state index in [1.165, 1.54) is 24.3 Å². The third-order valence-electron chi connectivity index (χ3n) is 2.53. The van der Waals surface area contributed by atoms with Gasteiger partial charge in [-0.25, -0.2) is 0 Å². The third kappa shape index (κ3) is 3.48. The lowest BCUT2D eigenvalue weighted by molar-refractivity contribution is -0.0499. The first-order valence-electron chi connectivity index (χ1n) is 5.56. The van der Waals surface area contributed by atoms with E-state index in [0.717, 1.165) is 6.07 Å². The molecule has 0 amide bonds. The maximum absolute atomic E-state index is 12.4. The van der Waals surface area contributed by atoms with Crippen LogP contribution in [0.5, 0.6) is 5.75 Å². The van der Waals surface area contributed by atoms with Crippen molar-refractivity contribution in [2.45, 2.75) is 5.51 Å². The Morgan fingerprint density at radius 1 is 0.952 bits per heavy atom. The minimum atomic E-state index is -5.72. The molecule has 2 aromatic carbocycles. The van der Waals surface area contributed by atoms with Crippen LogP contribution in [0, 0.1) is 0 Å². The zero-order valence-electron chi connectivity index (χ0n) is 10.3. The lowest BCUT2D eigenvalue weighted by Gasteiger charge is -2.13. The van der Waals surface area contributed by atoms with Gasteiger partial charge in [-0.05, 0) is 23.8 Å². The molecule has 0 saturated heterocycles. The van der Waals surface area contributed by atoms with Crippen molar-refractivity contribution in [2.24, 2.45) is 0 Å². The predicted octanol–water partition coefficient (Wildman–Crippen LogP) is 4.24. The smallest absolute Gasteiger partial charge is 0.375 e. The van der Waals surface area contributed by atoms with E-state index < -0.39 is 21.4 Å². The van der Waals surface area contributed by atoms with Crippen molar-refractivity contribution in [3.05, 3.63) is 53.6 Å². The van der Waals surface area contributed by atoms with Crippen LogP contribution in [0.1, 0.15) is 0 Å². The lowest BCUT2D eigenvalue weighted by atomic mass is 10.1. The number of benzene rings is 2. The van der Waals surface area contributed by atoms with Crippen molar-refractivity contribution < 1.29 is 25.8 Å². The van der Waals surface area contributed by atoms with E-state index in [2.05, 4.69) is 4.18 Å². The van der Waals surface area contributed by atoms with Crippen molar-refractivity contribution in [2.75, 3.05) is 0 Å². The Morgan fingerprint density at radius 2 is 1.52 bits per heavy atom. The van der Waals surface area contributed by atoms with Gasteiger partial charge in [0.05, 0.1) is 0 Å². The monoisotopic (exact) mass is 336 g/mol. The molecule has 8 heteroatoms. The highest BCUT2D eigenvalue weighted by Gasteiger charge is 2.48. The lowest BCUT2D eigenvalue weighted by Crippen LogP contribution is -2.28. The van der Waals surface area contributed by atoms with Gasteiger partial charge in [-0.15, -0.1) is 0 Å². The van der Waals surface area contributed by atoms with Gasteiger partial charge in [-0.1, -0.05) is 41.9 Å². The minimum Gasteiger partial charge on any atom is -0.375 e. The van der Waals surface area contributed by atoms with Crippen LogP contribution < -0.4 is 4.18 Å². The Hall–Kier alpha value is -1.73. The number of alkyl halides is 3. The summed E-state index contributed by atoms with van der Waals surface area (Å²) in [7, 11) is -5.72. The molecule has 0 aliphatic rings. The summed E-state index contributed by atoms with van der Waals surface area (Å²) in [6.07, 6.45) is 0. The van der Waals surface area contributed by atoms with Crippen LogP contribution in [-0.4, -0.2) is 13.9 Å². The maximum atomic E-state index is 12.4. The summed E-state index contributed by atoms with van der Waals surface area (Å²) < 4.78 is 63.5. The highest BCUT2D eigenvalue weighted by atomic mass is 35.5. The summed E-state index contributed by atoms with van der Waals surface area (Å²) in [5, 5.41) is 0.445. The molecule has 0 aromatic heterocycles. The molecule has 21 heavy (non-hydrogen) atoms. The number of hydrogen-bond donors (Lipinski definition) is 0. The van der Waals surface area contributed by atoms with Crippen LogP contribution in [0.4, 0.5) is 13.2 Å². The van der Waals surface area contributed by atoms with Crippen molar-refractivity contribution >= 4 is 21.7 Å².